The summed E-state index contributed by atoms with van der Waals surface area (Å²) in [6.07, 6.45) is 2.10. The van der Waals surface area contributed by atoms with E-state index in [0.29, 0.717) is 6.04 Å². The smallest absolute Gasteiger partial charge is 0.0983 e. The van der Waals surface area contributed by atoms with Crippen molar-refractivity contribution in [1.82, 2.24) is 20.0 Å². The molecule has 4 nitrogen and oxygen atoms in total. The number of rotatable bonds is 3. The number of benzene rings is 1. The van der Waals surface area contributed by atoms with Gasteiger partial charge in [0.1, 0.15) is 0 Å². The van der Waals surface area contributed by atoms with Crippen molar-refractivity contribution in [3.8, 4) is 11.3 Å². The highest BCUT2D eigenvalue weighted by atomic mass is 35.5. The lowest BCUT2D eigenvalue weighted by molar-refractivity contribution is 0.200. The molecule has 21 heavy (non-hydrogen) atoms. The van der Waals surface area contributed by atoms with Gasteiger partial charge in [0.25, 0.3) is 0 Å². The van der Waals surface area contributed by atoms with E-state index in [1.54, 1.807) is 0 Å². The monoisotopic (exact) mass is 304 g/mol. The normalized spacial score (nSPS) is 19.9. The van der Waals surface area contributed by atoms with Gasteiger partial charge >= 0.3 is 0 Å². The highest BCUT2D eigenvalue weighted by Gasteiger charge is 2.19. The Bertz CT molecular complexity index is 622. The zero-order valence-electron chi connectivity index (χ0n) is 12.5. The second-order valence-electron chi connectivity index (χ2n) is 5.75. The molecule has 0 unspecified atom stereocenters. The largest absolute Gasteiger partial charge is 0.312 e. The maximum Gasteiger partial charge on any atom is 0.0983 e. The van der Waals surface area contributed by atoms with Crippen molar-refractivity contribution in [2.75, 3.05) is 19.6 Å². The second-order valence-corrected chi connectivity index (χ2v) is 6.15. The van der Waals surface area contributed by atoms with Gasteiger partial charge in [-0.3, -0.25) is 9.58 Å². The maximum atomic E-state index is 6.33. The molecule has 0 bridgehead atoms. The van der Waals surface area contributed by atoms with Crippen LogP contribution in [-0.4, -0.2) is 40.4 Å². The van der Waals surface area contributed by atoms with Gasteiger partial charge in [-0.1, -0.05) is 29.8 Å². The van der Waals surface area contributed by atoms with Gasteiger partial charge in [0.05, 0.1) is 10.7 Å². The number of hydrogen-bond donors (Lipinski definition) is 1. The number of nitrogens with one attached hydrogen (secondary N) is 1. The molecule has 0 radical (unpaired) electrons. The lowest BCUT2D eigenvalue weighted by atomic mass is 10.1. The second kappa shape index (κ2) is 6.18. The first-order valence-corrected chi connectivity index (χ1v) is 7.74. The third kappa shape index (κ3) is 3.28. The fraction of sp³-hybridized carbons (Fsp3) is 0.438. The Morgan fingerprint density at radius 3 is 2.95 bits per heavy atom. The predicted molar refractivity (Wildman–Crippen MR) is 86.4 cm³/mol. The van der Waals surface area contributed by atoms with Gasteiger partial charge < -0.3 is 5.32 Å². The molecule has 1 aromatic carbocycles. The van der Waals surface area contributed by atoms with Crippen molar-refractivity contribution >= 4 is 11.6 Å². The van der Waals surface area contributed by atoms with Crippen LogP contribution in [-0.2, 0) is 13.6 Å². The van der Waals surface area contributed by atoms with Gasteiger partial charge in [0.2, 0.25) is 0 Å². The molecule has 0 aliphatic carbocycles. The summed E-state index contributed by atoms with van der Waals surface area (Å²) >= 11 is 6.33. The van der Waals surface area contributed by atoms with Gasteiger partial charge in [-0.2, -0.15) is 5.10 Å². The molecule has 0 spiro atoms. The Balaban J connectivity index is 1.88. The van der Waals surface area contributed by atoms with E-state index < -0.39 is 0 Å². The number of piperazine rings is 1. The maximum absolute atomic E-state index is 6.33. The average Bonchev–Trinajstić information content (AvgIpc) is 2.80. The molecule has 1 aromatic heterocycles. The predicted octanol–water partition coefficient (Wildman–Crippen LogP) is 2.53. The lowest BCUT2D eigenvalue weighted by Crippen LogP contribution is -2.48. The Morgan fingerprint density at radius 1 is 1.38 bits per heavy atom. The van der Waals surface area contributed by atoms with Crippen molar-refractivity contribution in [2.45, 2.75) is 19.5 Å². The quantitative estimate of drug-likeness (QED) is 0.946. The summed E-state index contributed by atoms with van der Waals surface area (Å²) in [5.74, 6) is 0. The summed E-state index contributed by atoms with van der Waals surface area (Å²) in [6, 6.07) is 8.45. The summed E-state index contributed by atoms with van der Waals surface area (Å²) < 4.78 is 1.87. The molecule has 5 heteroatoms. The lowest BCUT2D eigenvalue weighted by Gasteiger charge is -2.31. The van der Waals surface area contributed by atoms with Gasteiger partial charge in [-0.25, -0.2) is 0 Å². The molecule has 0 saturated carbocycles. The molecule has 1 fully saturated rings. The zero-order valence-corrected chi connectivity index (χ0v) is 13.3. The minimum Gasteiger partial charge on any atom is -0.312 e. The number of aromatic nitrogens is 2. The van der Waals surface area contributed by atoms with Gasteiger partial charge in [-0.15, -0.1) is 0 Å². The SMILES string of the molecule is C[C@H]1CN(Cc2cn(C)nc2-c2ccccc2Cl)CCN1. The van der Waals surface area contributed by atoms with Crippen LogP contribution in [0.4, 0.5) is 0 Å². The van der Waals surface area contributed by atoms with Crippen LogP contribution < -0.4 is 5.32 Å². The summed E-state index contributed by atoms with van der Waals surface area (Å²) in [5.41, 5.74) is 3.24. The molecule has 2 heterocycles. The van der Waals surface area contributed by atoms with E-state index in [0.717, 1.165) is 42.5 Å². The third-order valence-electron chi connectivity index (χ3n) is 3.88. The van der Waals surface area contributed by atoms with E-state index in [2.05, 4.69) is 28.4 Å². The number of hydrogen-bond acceptors (Lipinski definition) is 3. The standard InChI is InChI=1S/C16H21ClN4/c1-12-9-21(8-7-18-12)11-13-10-20(2)19-16(13)14-5-3-4-6-15(14)17/h3-6,10,12,18H,7-9,11H2,1-2H3/t12-/m0/s1. The highest BCUT2D eigenvalue weighted by Crippen LogP contribution is 2.29. The van der Waals surface area contributed by atoms with Crippen LogP contribution in [0.2, 0.25) is 5.02 Å². The Hall–Kier alpha value is -1.36. The van der Waals surface area contributed by atoms with E-state index in [4.69, 9.17) is 11.6 Å². The Labute approximate surface area is 130 Å². The first kappa shape index (κ1) is 14.6. The molecule has 1 N–H and O–H groups in total. The van der Waals surface area contributed by atoms with E-state index in [1.165, 1.54) is 5.56 Å². The first-order valence-electron chi connectivity index (χ1n) is 7.36. The number of halogens is 1. The van der Waals surface area contributed by atoms with Crippen LogP contribution in [0.1, 0.15) is 12.5 Å². The fourth-order valence-corrected chi connectivity index (χ4v) is 3.16. The van der Waals surface area contributed by atoms with Gasteiger partial charge in [0, 0.05) is 56.6 Å². The molecular weight excluding hydrogens is 284 g/mol. The molecule has 1 atom stereocenters. The van der Waals surface area contributed by atoms with Crippen molar-refractivity contribution in [1.29, 1.82) is 0 Å². The molecule has 2 aromatic rings. The minimum absolute atomic E-state index is 0.541. The van der Waals surface area contributed by atoms with E-state index in [9.17, 15) is 0 Å². The van der Waals surface area contributed by atoms with Crippen molar-refractivity contribution in [2.24, 2.45) is 7.05 Å². The molecule has 3 rings (SSSR count). The average molecular weight is 305 g/mol. The van der Waals surface area contributed by atoms with Crippen LogP contribution in [0.25, 0.3) is 11.3 Å². The van der Waals surface area contributed by atoms with Crippen LogP contribution in [0.15, 0.2) is 30.5 Å². The minimum atomic E-state index is 0.541. The van der Waals surface area contributed by atoms with Crippen molar-refractivity contribution in [3.05, 3.63) is 41.0 Å². The zero-order chi connectivity index (χ0) is 14.8. The molecule has 1 aliphatic heterocycles. The van der Waals surface area contributed by atoms with Gasteiger partial charge in [0.15, 0.2) is 0 Å². The topological polar surface area (TPSA) is 33.1 Å². The molecule has 0 amide bonds. The summed E-state index contributed by atoms with van der Waals surface area (Å²) in [6.45, 7) is 6.33. The van der Waals surface area contributed by atoms with Crippen molar-refractivity contribution < 1.29 is 0 Å². The van der Waals surface area contributed by atoms with Crippen LogP contribution in [0.5, 0.6) is 0 Å². The van der Waals surface area contributed by atoms with Crippen LogP contribution >= 0.6 is 11.6 Å². The van der Waals surface area contributed by atoms with Crippen molar-refractivity contribution in [3.63, 3.8) is 0 Å². The molecule has 112 valence electrons. The Morgan fingerprint density at radius 2 is 2.19 bits per heavy atom. The van der Waals surface area contributed by atoms with E-state index in [-0.39, 0.29) is 0 Å². The van der Waals surface area contributed by atoms with E-state index >= 15 is 0 Å². The fourth-order valence-electron chi connectivity index (χ4n) is 2.93. The highest BCUT2D eigenvalue weighted by molar-refractivity contribution is 6.33. The van der Waals surface area contributed by atoms with E-state index in [1.807, 2.05) is 36.0 Å². The molecule has 1 aliphatic rings. The number of aryl methyl sites for hydroxylation is 1. The third-order valence-corrected chi connectivity index (χ3v) is 4.21. The van der Waals surface area contributed by atoms with Crippen LogP contribution in [0, 0.1) is 0 Å². The molecular formula is C16H21ClN4. The Kier molecular flexibility index (Phi) is 4.29. The van der Waals surface area contributed by atoms with Crippen LogP contribution in [0.3, 0.4) is 0 Å². The summed E-state index contributed by atoms with van der Waals surface area (Å²) in [7, 11) is 1.96. The summed E-state index contributed by atoms with van der Waals surface area (Å²) in [5, 5.41) is 8.85. The first-order chi connectivity index (χ1) is 10.1. The van der Waals surface area contributed by atoms with Gasteiger partial charge in [-0.05, 0) is 13.0 Å². The summed E-state index contributed by atoms with van der Waals surface area (Å²) in [4.78, 5) is 2.47. The molecule has 1 saturated heterocycles. The number of nitrogens with zero attached hydrogens (tertiary/aromatic N) is 3.